The van der Waals surface area contributed by atoms with Crippen LogP contribution in [0.1, 0.15) is 37.0 Å². The highest BCUT2D eigenvalue weighted by molar-refractivity contribution is 6.30. The lowest BCUT2D eigenvalue weighted by Gasteiger charge is -2.38. The van der Waals surface area contributed by atoms with Crippen molar-refractivity contribution in [3.63, 3.8) is 0 Å². The van der Waals surface area contributed by atoms with E-state index in [4.69, 9.17) is 16.3 Å². The summed E-state index contributed by atoms with van der Waals surface area (Å²) in [4.78, 5) is 0. The lowest BCUT2D eigenvalue weighted by Crippen LogP contribution is -2.38. The third-order valence-electron chi connectivity index (χ3n) is 4.10. The highest BCUT2D eigenvalue weighted by Crippen LogP contribution is 2.42. The van der Waals surface area contributed by atoms with Crippen molar-refractivity contribution < 1.29 is 9.84 Å². The smallest absolute Gasteiger partial charge is 0.126 e. The van der Waals surface area contributed by atoms with Gasteiger partial charge in [0.25, 0.3) is 0 Å². The third-order valence-corrected chi connectivity index (χ3v) is 4.33. The SMILES string of the molecule is CC1(CCc2ccccc2)CC(O)c2cc(Cl)ccc2O1. The molecule has 110 valence electrons. The number of hydrogen-bond donors (Lipinski definition) is 1. The van der Waals surface area contributed by atoms with Gasteiger partial charge in [0.05, 0.1) is 6.10 Å². The molecule has 0 saturated heterocycles. The highest BCUT2D eigenvalue weighted by atomic mass is 35.5. The van der Waals surface area contributed by atoms with Gasteiger partial charge in [0.2, 0.25) is 0 Å². The number of aryl methyl sites for hydroxylation is 1. The van der Waals surface area contributed by atoms with E-state index in [1.807, 2.05) is 24.3 Å². The van der Waals surface area contributed by atoms with Gasteiger partial charge in [-0.25, -0.2) is 0 Å². The standard InChI is InChI=1S/C18H19ClO2/c1-18(10-9-13-5-3-2-4-6-13)12-16(20)15-11-14(19)7-8-17(15)21-18/h2-8,11,16,20H,9-10,12H2,1H3. The van der Waals surface area contributed by atoms with E-state index in [0.717, 1.165) is 24.2 Å². The number of aliphatic hydroxyl groups is 1. The molecule has 0 spiro atoms. The number of aliphatic hydroxyl groups excluding tert-OH is 1. The summed E-state index contributed by atoms with van der Waals surface area (Å²) >= 11 is 5.99. The van der Waals surface area contributed by atoms with Crippen LogP contribution in [-0.2, 0) is 6.42 Å². The van der Waals surface area contributed by atoms with E-state index in [9.17, 15) is 5.11 Å². The lowest BCUT2D eigenvalue weighted by atomic mass is 9.86. The number of benzene rings is 2. The van der Waals surface area contributed by atoms with Gasteiger partial charge in [-0.2, -0.15) is 0 Å². The summed E-state index contributed by atoms with van der Waals surface area (Å²) in [7, 11) is 0. The molecular weight excluding hydrogens is 284 g/mol. The quantitative estimate of drug-likeness (QED) is 0.901. The molecule has 3 heteroatoms. The van der Waals surface area contributed by atoms with Crippen LogP contribution in [0.2, 0.25) is 5.02 Å². The molecule has 1 N–H and O–H groups in total. The Labute approximate surface area is 130 Å². The molecule has 0 saturated carbocycles. The molecule has 21 heavy (non-hydrogen) atoms. The number of fused-ring (bicyclic) bond motifs is 1. The third kappa shape index (κ3) is 3.22. The van der Waals surface area contributed by atoms with Gasteiger partial charge >= 0.3 is 0 Å². The zero-order valence-corrected chi connectivity index (χ0v) is 12.8. The number of halogens is 1. The Kier molecular flexibility index (Phi) is 3.92. The van der Waals surface area contributed by atoms with Gasteiger partial charge < -0.3 is 9.84 Å². The molecule has 2 atom stereocenters. The Hall–Kier alpha value is -1.51. The van der Waals surface area contributed by atoms with Crippen molar-refractivity contribution in [1.29, 1.82) is 0 Å². The van der Waals surface area contributed by atoms with Crippen molar-refractivity contribution in [1.82, 2.24) is 0 Å². The largest absolute Gasteiger partial charge is 0.487 e. The average Bonchev–Trinajstić information content (AvgIpc) is 2.47. The minimum Gasteiger partial charge on any atom is -0.487 e. The predicted molar refractivity (Wildman–Crippen MR) is 84.8 cm³/mol. The zero-order valence-electron chi connectivity index (χ0n) is 12.1. The fourth-order valence-electron chi connectivity index (χ4n) is 2.91. The number of hydrogen-bond acceptors (Lipinski definition) is 2. The summed E-state index contributed by atoms with van der Waals surface area (Å²) in [5.41, 5.74) is 1.73. The van der Waals surface area contributed by atoms with E-state index in [-0.39, 0.29) is 5.60 Å². The van der Waals surface area contributed by atoms with Crippen LogP contribution in [0.4, 0.5) is 0 Å². The fraction of sp³-hybridized carbons (Fsp3) is 0.333. The normalized spacial score (nSPS) is 24.2. The van der Waals surface area contributed by atoms with Crippen LogP contribution < -0.4 is 4.74 Å². The predicted octanol–water partition coefficient (Wildman–Crippen LogP) is 4.55. The number of ether oxygens (including phenoxy) is 1. The molecule has 1 heterocycles. The Morgan fingerprint density at radius 1 is 1.24 bits per heavy atom. The molecular formula is C18H19ClO2. The Bertz CT molecular complexity index is 626. The lowest BCUT2D eigenvalue weighted by molar-refractivity contribution is -0.00670. The van der Waals surface area contributed by atoms with Crippen LogP contribution >= 0.6 is 11.6 Å². The molecule has 2 nitrogen and oxygen atoms in total. The maximum absolute atomic E-state index is 10.4. The van der Waals surface area contributed by atoms with Gasteiger partial charge in [-0.15, -0.1) is 0 Å². The van der Waals surface area contributed by atoms with Crippen LogP contribution in [0.3, 0.4) is 0 Å². The molecule has 3 rings (SSSR count). The van der Waals surface area contributed by atoms with E-state index in [2.05, 4.69) is 19.1 Å². The van der Waals surface area contributed by atoms with Gasteiger partial charge in [-0.3, -0.25) is 0 Å². The van der Waals surface area contributed by atoms with Gasteiger partial charge in [0.15, 0.2) is 0 Å². The van der Waals surface area contributed by atoms with Gasteiger partial charge in [0.1, 0.15) is 11.4 Å². The van der Waals surface area contributed by atoms with Gasteiger partial charge in [-0.05, 0) is 43.5 Å². The van der Waals surface area contributed by atoms with Crippen molar-refractivity contribution in [2.45, 2.75) is 37.9 Å². The monoisotopic (exact) mass is 302 g/mol. The molecule has 0 radical (unpaired) electrons. The first-order valence-corrected chi connectivity index (χ1v) is 7.64. The summed E-state index contributed by atoms with van der Waals surface area (Å²) in [6.07, 6.45) is 1.88. The molecule has 2 aromatic rings. The second-order valence-electron chi connectivity index (χ2n) is 5.94. The molecule has 1 aliphatic heterocycles. The fourth-order valence-corrected chi connectivity index (χ4v) is 3.09. The molecule has 0 amide bonds. The van der Waals surface area contributed by atoms with Crippen LogP contribution in [0, 0.1) is 0 Å². The van der Waals surface area contributed by atoms with Crippen LogP contribution in [-0.4, -0.2) is 10.7 Å². The van der Waals surface area contributed by atoms with E-state index in [1.54, 1.807) is 12.1 Å². The first-order chi connectivity index (χ1) is 10.1. The molecule has 0 bridgehead atoms. The van der Waals surface area contributed by atoms with E-state index < -0.39 is 6.10 Å². The van der Waals surface area contributed by atoms with E-state index in [1.165, 1.54) is 5.56 Å². The topological polar surface area (TPSA) is 29.5 Å². The Morgan fingerprint density at radius 2 is 2.00 bits per heavy atom. The van der Waals surface area contributed by atoms with Crippen molar-refractivity contribution in [2.24, 2.45) is 0 Å². The minimum absolute atomic E-state index is 0.351. The second kappa shape index (κ2) is 5.70. The van der Waals surface area contributed by atoms with Crippen molar-refractivity contribution >= 4 is 11.6 Å². The zero-order chi connectivity index (χ0) is 14.9. The van der Waals surface area contributed by atoms with E-state index >= 15 is 0 Å². The summed E-state index contributed by atoms with van der Waals surface area (Å²) in [5.74, 6) is 0.744. The molecule has 0 fully saturated rings. The Morgan fingerprint density at radius 3 is 2.76 bits per heavy atom. The van der Waals surface area contributed by atoms with Gasteiger partial charge in [0, 0.05) is 17.0 Å². The van der Waals surface area contributed by atoms with Crippen LogP contribution in [0.15, 0.2) is 48.5 Å². The molecule has 2 aromatic carbocycles. The minimum atomic E-state index is -0.520. The first-order valence-electron chi connectivity index (χ1n) is 7.26. The van der Waals surface area contributed by atoms with Crippen molar-refractivity contribution in [3.8, 4) is 5.75 Å². The average molecular weight is 303 g/mol. The van der Waals surface area contributed by atoms with E-state index in [0.29, 0.717) is 11.4 Å². The second-order valence-corrected chi connectivity index (χ2v) is 6.38. The summed E-state index contributed by atoms with van der Waals surface area (Å²) < 4.78 is 6.15. The molecule has 0 aliphatic carbocycles. The maximum atomic E-state index is 10.4. The number of rotatable bonds is 3. The summed E-state index contributed by atoms with van der Waals surface area (Å²) in [6.45, 7) is 2.07. The summed E-state index contributed by atoms with van der Waals surface area (Å²) in [5, 5.41) is 11.0. The highest BCUT2D eigenvalue weighted by Gasteiger charge is 2.36. The first kappa shape index (κ1) is 14.4. The maximum Gasteiger partial charge on any atom is 0.126 e. The Balaban J connectivity index is 1.76. The molecule has 0 aromatic heterocycles. The van der Waals surface area contributed by atoms with Gasteiger partial charge in [-0.1, -0.05) is 41.9 Å². The molecule has 2 unspecified atom stereocenters. The van der Waals surface area contributed by atoms with Crippen molar-refractivity contribution in [2.75, 3.05) is 0 Å². The van der Waals surface area contributed by atoms with Crippen molar-refractivity contribution in [3.05, 3.63) is 64.7 Å². The van der Waals surface area contributed by atoms with Crippen LogP contribution in [0.5, 0.6) is 5.75 Å². The van der Waals surface area contributed by atoms with Crippen LogP contribution in [0.25, 0.3) is 0 Å². The summed E-state index contributed by atoms with van der Waals surface area (Å²) in [6, 6.07) is 15.8. The molecule has 1 aliphatic rings.